The number of halogens is 1. The molecule has 1 atom stereocenters. The summed E-state index contributed by atoms with van der Waals surface area (Å²) in [5.41, 5.74) is 8.54. The van der Waals surface area contributed by atoms with Crippen molar-refractivity contribution >= 4 is 12.4 Å². The van der Waals surface area contributed by atoms with Gasteiger partial charge in [0.25, 0.3) is 0 Å². The Labute approximate surface area is 78.6 Å². The van der Waals surface area contributed by atoms with Crippen LogP contribution in [0.2, 0.25) is 0 Å². The van der Waals surface area contributed by atoms with Gasteiger partial charge in [-0.25, -0.2) is 0 Å². The Morgan fingerprint density at radius 1 is 1.50 bits per heavy atom. The summed E-state index contributed by atoms with van der Waals surface area (Å²) in [6, 6.07) is 2.31. The number of rotatable bonds is 0. The van der Waals surface area contributed by atoms with E-state index in [0.717, 1.165) is 6.42 Å². The third-order valence-electron chi connectivity index (χ3n) is 2.31. The van der Waals surface area contributed by atoms with Crippen molar-refractivity contribution in [2.75, 3.05) is 0 Å². The van der Waals surface area contributed by atoms with Crippen LogP contribution in [0.15, 0.2) is 18.5 Å². The summed E-state index contributed by atoms with van der Waals surface area (Å²) in [5.74, 6) is 0. The summed E-state index contributed by atoms with van der Waals surface area (Å²) < 4.78 is 0. The normalized spacial score (nSPS) is 20.9. The van der Waals surface area contributed by atoms with Crippen LogP contribution in [0.25, 0.3) is 0 Å². The Kier molecular flexibility index (Phi) is 3.06. The average molecular weight is 185 g/mol. The number of fused-ring (bicyclic) bond motifs is 1. The zero-order chi connectivity index (χ0) is 7.68. The van der Waals surface area contributed by atoms with Crippen LogP contribution in [0, 0.1) is 0 Å². The second-order valence-corrected chi connectivity index (χ2v) is 3.07. The van der Waals surface area contributed by atoms with Crippen molar-refractivity contribution in [1.82, 2.24) is 4.98 Å². The van der Waals surface area contributed by atoms with E-state index < -0.39 is 0 Å². The zero-order valence-corrected chi connectivity index (χ0v) is 7.68. The molecule has 1 heterocycles. The van der Waals surface area contributed by atoms with Gasteiger partial charge in [-0.1, -0.05) is 0 Å². The lowest BCUT2D eigenvalue weighted by Gasteiger charge is -2.20. The van der Waals surface area contributed by atoms with E-state index in [4.69, 9.17) is 5.73 Å². The second-order valence-electron chi connectivity index (χ2n) is 3.07. The molecule has 1 aliphatic carbocycles. The molecule has 2 N–H and O–H groups in total. The first-order chi connectivity index (χ1) is 5.38. The van der Waals surface area contributed by atoms with E-state index in [-0.39, 0.29) is 18.4 Å². The molecule has 0 spiro atoms. The van der Waals surface area contributed by atoms with Crippen LogP contribution in [0.1, 0.15) is 30.0 Å². The molecule has 12 heavy (non-hydrogen) atoms. The number of aromatic nitrogens is 1. The quantitative estimate of drug-likeness (QED) is 0.669. The Balaban J connectivity index is 0.000000720. The highest BCUT2D eigenvalue weighted by atomic mass is 35.5. The topological polar surface area (TPSA) is 38.9 Å². The summed E-state index contributed by atoms with van der Waals surface area (Å²) >= 11 is 0. The summed E-state index contributed by atoms with van der Waals surface area (Å²) in [7, 11) is 0. The molecule has 2 rings (SSSR count). The van der Waals surface area contributed by atoms with Crippen LogP contribution in [-0.2, 0) is 6.42 Å². The summed E-state index contributed by atoms with van der Waals surface area (Å²) in [5, 5.41) is 0. The van der Waals surface area contributed by atoms with Gasteiger partial charge in [0.15, 0.2) is 0 Å². The molecule has 0 fully saturated rings. The molecule has 2 nitrogen and oxygen atoms in total. The summed E-state index contributed by atoms with van der Waals surface area (Å²) in [6.45, 7) is 0. The van der Waals surface area contributed by atoms with E-state index in [1.807, 2.05) is 12.4 Å². The summed E-state index contributed by atoms with van der Waals surface area (Å²) in [4.78, 5) is 4.07. The van der Waals surface area contributed by atoms with E-state index in [9.17, 15) is 0 Å². The average Bonchev–Trinajstić information content (AvgIpc) is 2.06. The van der Waals surface area contributed by atoms with Gasteiger partial charge in [0.05, 0.1) is 0 Å². The van der Waals surface area contributed by atoms with Gasteiger partial charge >= 0.3 is 0 Å². The maximum atomic E-state index is 5.91. The van der Waals surface area contributed by atoms with Crippen molar-refractivity contribution in [2.24, 2.45) is 5.73 Å². The molecule has 0 saturated heterocycles. The number of hydrogen-bond donors (Lipinski definition) is 1. The van der Waals surface area contributed by atoms with Gasteiger partial charge in [-0.05, 0) is 36.5 Å². The van der Waals surface area contributed by atoms with E-state index in [1.54, 1.807) is 0 Å². The predicted molar refractivity (Wildman–Crippen MR) is 51.4 cm³/mol. The molecule has 1 aliphatic rings. The fraction of sp³-hybridized carbons (Fsp3) is 0.444. The molecule has 0 bridgehead atoms. The largest absolute Gasteiger partial charge is 0.324 e. The smallest absolute Gasteiger partial charge is 0.0318 e. The minimum atomic E-state index is 0. The maximum absolute atomic E-state index is 5.91. The number of hydrogen-bond acceptors (Lipinski definition) is 2. The second kappa shape index (κ2) is 3.87. The Morgan fingerprint density at radius 2 is 2.33 bits per heavy atom. The number of aryl methyl sites for hydroxylation is 1. The van der Waals surface area contributed by atoms with Gasteiger partial charge in [-0.15, -0.1) is 12.4 Å². The zero-order valence-electron chi connectivity index (χ0n) is 6.86. The van der Waals surface area contributed by atoms with E-state index >= 15 is 0 Å². The van der Waals surface area contributed by atoms with E-state index in [1.165, 1.54) is 24.0 Å². The SMILES string of the molecule is Cl.N[C@@H]1CCCc2ccncc21. The number of nitrogens with two attached hydrogens (primary N) is 1. The monoisotopic (exact) mass is 184 g/mol. The van der Waals surface area contributed by atoms with Gasteiger partial charge in [0, 0.05) is 18.4 Å². The van der Waals surface area contributed by atoms with Crippen LogP contribution in [0.3, 0.4) is 0 Å². The van der Waals surface area contributed by atoms with Crippen molar-refractivity contribution in [3.05, 3.63) is 29.6 Å². The number of pyridine rings is 1. The molecule has 0 radical (unpaired) electrons. The molecular weight excluding hydrogens is 172 g/mol. The maximum Gasteiger partial charge on any atom is 0.0318 e. The van der Waals surface area contributed by atoms with Crippen LogP contribution >= 0.6 is 12.4 Å². The highest BCUT2D eigenvalue weighted by Gasteiger charge is 2.15. The molecule has 0 aliphatic heterocycles. The van der Waals surface area contributed by atoms with Gasteiger partial charge in [0.1, 0.15) is 0 Å². The van der Waals surface area contributed by atoms with Crippen LogP contribution in [0.4, 0.5) is 0 Å². The molecule has 0 aromatic carbocycles. The van der Waals surface area contributed by atoms with Crippen LogP contribution in [0.5, 0.6) is 0 Å². The van der Waals surface area contributed by atoms with Crippen molar-refractivity contribution in [3.63, 3.8) is 0 Å². The van der Waals surface area contributed by atoms with Crippen molar-refractivity contribution in [1.29, 1.82) is 0 Å². The molecule has 66 valence electrons. The van der Waals surface area contributed by atoms with Gasteiger partial charge in [-0.3, -0.25) is 4.98 Å². The minimum absolute atomic E-state index is 0. The lowest BCUT2D eigenvalue weighted by atomic mass is 9.90. The Morgan fingerprint density at radius 3 is 3.08 bits per heavy atom. The van der Waals surface area contributed by atoms with E-state index in [0.29, 0.717) is 0 Å². The van der Waals surface area contributed by atoms with E-state index in [2.05, 4.69) is 11.1 Å². The van der Waals surface area contributed by atoms with Crippen molar-refractivity contribution in [2.45, 2.75) is 25.3 Å². The first-order valence-electron chi connectivity index (χ1n) is 4.06. The molecule has 3 heteroatoms. The van der Waals surface area contributed by atoms with Gasteiger partial charge < -0.3 is 5.73 Å². The Bertz CT molecular complexity index is 262. The van der Waals surface area contributed by atoms with Crippen molar-refractivity contribution in [3.8, 4) is 0 Å². The van der Waals surface area contributed by atoms with Crippen LogP contribution < -0.4 is 5.73 Å². The van der Waals surface area contributed by atoms with Crippen molar-refractivity contribution < 1.29 is 0 Å². The third-order valence-corrected chi connectivity index (χ3v) is 2.31. The molecule has 0 unspecified atom stereocenters. The van der Waals surface area contributed by atoms with Gasteiger partial charge in [0.2, 0.25) is 0 Å². The molecule has 1 aromatic rings. The fourth-order valence-corrected chi connectivity index (χ4v) is 1.66. The lowest BCUT2D eigenvalue weighted by molar-refractivity contribution is 0.568. The Hall–Kier alpha value is -0.600. The standard InChI is InChI=1S/C9H12N2.ClH/c10-9-3-1-2-7-4-5-11-6-8(7)9;/h4-6,9H,1-3,10H2;1H/t9-;/m1./s1. The lowest BCUT2D eigenvalue weighted by Crippen LogP contribution is -2.17. The van der Waals surface area contributed by atoms with Crippen LogP contribution in [-0.4, -0.2) is 4.98 Å². The van der Waals surface area contributed by atoms with Gasteiger partial charge in [-0.2, -0.15) is 0 Å². The number of nitrogens with zero attached hydrogens (tertiary/aromatic N) is 1. The summed E-state index contributed by atoms with van der Waals surface area (Å²) in [6.07, 6.45) is 7.25. The first-order valence-corrected chi connectivity index (χ1v) is 4.06. The third kappa shape index (κ3) is 1.59. The highest BCUT2D eigenvalue weighted by molar-refractivity contribution is 5.85. The molecular formula is C9H13ClN2. The predicted octanol–water partition coefficient (Wildman–Crippen LogP) is 1.84. The molecule has 0 saturated carbocycles. The first kappa shape index (κ1) is 9.49. The fourth-order valence-electron chi connectivity index (χ4n) is 1.66. The highest BCUT2D eigenvalue weighted by Crippen LogP contribution is 2.26. The molecule has 1 aromatic heterocycles. The molecule has 0 amide bonds. The minimum Gasteiger partial charge on any atom is -0.324 e.